The number of sulfonamides is 1. The van der Waals surface area contributed by atoms with Gasteiger partial charge in [-0.15, -0.1) is 0 Å². The third-order valence-corrected chi connectivity index (χ3v) is 6.46. The second-order valence-corrected chi connectivity index (χ2v) is 8.99. The molecule has 9 nitrogen and oxygen atoms in total. The Hall–Kier alpha value is -2.40. The molecule has 1 saturated heterocycles. The number of ether oxygens (including phenoxy) is 1. The van der Waals surface area contributed by atoms with E-state index in [9.17, 15) is 18.3 Å². The lowest BCUT2D eigenvalue weighted by Crippen LogP contribution is -2.51. The second kappa shape index (κ2) is 10.1. The number of amides is 1. The molecular formula is C20H26N4O5S. The molecule has 0 saturated carbocycles. The van der Waals surface area contributed by atoms with Crippen LogP contribution in [-0.4, -0.2) is 54.3 Å². The fourth-order valence-corrected chi connectivity index (χ4v) is 4.59. The van der Waals surface area contributed by atoms with E-state index in [2.05, 4.69) is 20.0 Å². The zero-order valence-electron chi connectivity index (χ0n) is 16.7. The van der Waals surface area contributed by atoms with Crippen LogP contribution in [0.4, 0.5) is 0 Å². The van der Waals surface area contributed by atoms with Crippen LogP contribution in [0, 0.1) is 6.92 Å². The van der Waals surface area contributed by atoms with Crippen LogP contribution >= 0.6 is 0 Å². The molecular weight excluding hydrogens is 408 g/mol. The van der Waals surface area contributed by atoms with Crippen molar-refractivity contribution in [1.82, 2.24) is 20.0 Å². The highest BCUT2D eigenvalue weighted by Crippen LogP contribution is 2.23. The van der Waals surface area contributed by atoms with Gasteiger partial charge in [-0.25, -0.2) is 23.1 Å². The van der Waals surface area contributed by atoms with Gasteiger partial charge < -0.3 is 15.2 Å². The summed E-state index contributed by atoms with van der Waals surface area (Å²) in [6, 6.07) is 7.68. The number of aliphatic hydroxyl groups excluding tert-OH is 1. The summed E-state index contributed by atoms with van der Waals surface area (Å²) in [6.07, 6.45) is 2.97. The highest BCUT2D eigenvalue weighted by Gasteiger charge is 2.34. The number of hydrogen-bond acceptors (Lipinski definition) is 7. The average Bonchev–Trinajstić information content (AvgIpc) is 2.74. The van der Waals surface area contributed by atoms with Crippen LogP contribution in [0.25, 0.3) is 0 Å². The van der Waals surface area contributed by atoms with Gasteiger partial charge in [0.25, 0.3) is 0 Å². The van der Waals surface area contributed by atoms with Crippen LogP contribution in [0.15, 0.2) is 47.8 Å². The first kappa shape index (κ1) is 22.3. The van der Waals surface area contributed by atoms with Crippen molar-refractivity contribution in [2.75, 3.05) is 6.61 Å². The Morgan fingerprint density at radius 1 is 1.23 bits per heavy atom. The quantitative estimate of drug-likeness (QED) is 0.557. The lowest BCUT2D eigenvalue weighted by molar-refractivity contribution is -0.130. The SMILES string of the molecule is Cc1ccc(S(=O)(=O)N[C@H]2CC[C@@H](CC(=O)NCc3ccncn3)O[C@@H]2CO)cc1. The molecule has 2 aromatic rings. The van der Waals surface area contributed by atoms with Gasteiger partial charge in [0.15, 0.2) is 0 Å². The van der Waals surface area contributed by atoms with Crippen molar-refractivity contribution in [1.29, 1.82) is 0 Å². The summed E-state index contributed by atoms with van der Waals surface area (Å²) in [6.45, 7) is 1.82. The summed E-state index contributed by atoms with van der Waals surface area (Å²) in [5.41, 5.74) is 1.66. The number of carbonyl (C=O) groups excluding carboxylic acids is 1. The van der Waals surface area contributed by atoms with Gasteiger partial charge >= 0.3 is 0 Å². The van der Waals surface area contributed by atoms with Gasteiger partial charge in [-0.1, -0.05) is 17.7 Å². The lowest BCUT2D eigenvalue weighted by Gasteiger charge is -2.35. The second-order valence-electron chi connectivity index (χ2n) is 7.28. The highest BCUT2D eigenvalue weighted by atomic mass is 32.2. The first-order chi connectivity index (χ1) is 14.4. The molecule has 3 rings (SSSR count). The van der Waals surface area contributed by atoms with Crippen LogP contribution in [0.1, 0.15) is 30.5 Å². The van der Waals surface area contributed by atoms with Crippen molar-refractivity contribution in [2.24, 2.45) is 0 Å². The predicted molar refractivity (Wildman–Crippen MR) is 109 cm³/mol. The molecule has 0 spiro atoms. The van der Waals surface area contributed by atoms with Crippen LogP contribution in [-0.2, 0) is 26.1 Å². The summed E-state index contributed by atoms with van der Waals surface area (Å²) in [5.74, 6) is -0.200. The Balaban J connectivity index is 1.53. The third-order valence-electron chi connectivity index (χ3n) is 4.96. The Morgan fingerprint density at radius 2 is 2.00 bits per heavy atom. The lowest BCUT2D eigenvalue weighted by atomic mass is 9.98. The average molecular weight is 435 g/mol. The fraction of sp³-hybridized carbons (Fsp3) is 0.450. The minimum absolute atomic E-state index is 0.124. The van der Waals surface area contributed by atoms with Crippen LogP contribution in [0.3, 0.4) is 0 Å². The maximum Gasteiger partial charge on any atom is 0.240 e. The number of benzene rings is 1. The van der Waals surface area contributed by atoms with E-state index in [4.69, 9.17) is 4.74 Å². The van der Waals surface area contributed by atoms with E-state index in [1.54, 1.807) is 36.5 Å². The van der Waals surface area contributed by atoms with Gasteiger partial charge in [0.1, 0.15) is 6.33 Å². The number of aromatic nitrogens is 2. The van der Waals surface area contributed by atoms with Gasteiger partial charge in [-0.3, -0.25) is 4.79 Å². The molecule has 0 unspecified atom stereocenters. The number of carbonyl (C=O) groups is 1. The molecule has 162 valence electrons. The first-order valence-electron chi connectivity index (χ1n) is 9.74. The molecule has 0 bridgehead atoms. The summed E-state index contributed by atoms with van der Waals surface area (Å²) in [5, 5.41) is 12.5. The van der Waals surface area contributed by atoms with Gasteiger partial charge in [-0.05, 0) is 38.0 Å². The molecule has 1 aliphatic heterocycles. The number of aryl methyl sites for hydroxylation is 1. The summed E-state index contributed by atoms with van der Waals surface area (Å²) >= 11 is 0. The number of aliphatic hydroxyl groups is 1. The van der Waals surface area contributed by atoms with Crippen molar-refractivity contribution in [2.45, 2.75) is 55.9 Å². The number of rotatable bonds is 8. The van der Waals surface area contributed by atoms with Crippen molar-refractivity contribution >= 4 is 15.9 Å². The summed E-state index contributed by atoms with van der Waals surface area (Å²) in [7, 11) is -3.73. The highest BCUT2D eigenvalue weighted by molar-refractivity contribution is 7.89. The molecule has 3 N–H and O–H groups in total. The van der Waals surface area contributed by atoms with Gasteiger partial charge in [0, 0.05) is 6.20 Å². The normalized spacial score (nSPS) is 21.9. The van der Waals surface area contributed by atoms with E-state index < -0.39 is 28.3 Å². The van der Waals surface area contributed by atoms with E-state index in [-0.39, 0.29) is 30.4 Å². The van der Waals surface area contributed by atoms with Crippen LogP contribution in [0.2, 0.25) is 0 Å². The van der Waals surface area contributed by atoms with Crippen molar-refractivity contribution < 1.29 is 23.1 Å². The van der Waals surface area contributed by atoms with Crippen molar-refractivity contribution in [3.8, 4) is 0 Å². The smallest absolute Gasteiger partial charge is 0.240 e. The van der Waals surface area contributed by atoms with Gasteiger partial charge in [0.2, 0.25) is 15.9 Å². The number of nitrogens with one attached hydrogen (secondary N) is 2. The van der Waals surface area contributed by atoms with E-state index in [0.717, 1.165) is 5.56 Å². The maximum atomic E-state index is 12.6. The molecule has 0 aliphatic carbocycles. The Morgan fingerprint density at radius 3 is 2.67 bits per heavy atom. The van der Waals surface area contributed by atoms with E-state index in [1.165, 1.54) is 6.33 Å². The number of hydrogen-bond donors (Lipinski definition) is 3. The molecule has 3 atom stereocenters. The van der Waals surface area contributed by atoms with E-state index in [1.807, 2.05) is 6.92 Å². The van der Waals surface area contributed by atoms with Crippen LogP contribution < -0.4 is 10.0 Å². The molecule has 1 aliphatic rings. The molecule has 1 aromatic heterocycles. The van der Waals surface area contributed by atoms with E-state index >= 15 is 0 Å². The predicted octanol–water partition coefficient (Wildman–Crippen LogP) is 0.678. The molecule has 1 fully saturated rings. The third kappa shape index (κ3) is 6.05. The molecule has 1 amide bonds. The molecule has 1 aromatic carbocycles. The zero-order chi connectivity index (χ0) is 21.6. The first-order valence-corrected chi connectivity index (χ1v) is 11.2. The van der Waals surface area contributed by atoms with Crippen LogP contribution in [0.5, 0.6) is 0 Å². The van der Waals surface area contributed by atoms with Crippen molar-refractivity contribution in [3.05, 3.63) is 54.1 Å². The summed E-state index contributed by atoms with van der Waals surface area (Å²) in [4.78, 5) is 20.2. The standard InChI is InChI=1S/C20H26N4O5S/c1-14-2-5-17(6-3-14)30(27,28)24-18-7-4-16(29-19(18)12-25)10-20(26)22-11-15-8-9-21-13-23-15/h2-3,5-6,8-9,13,16,18-19,24-25H,4,7,10-12H2,1H3,(H,22,26)/t16-,18-,19+/m0/s1. The van der Waals surface area contributed by atoms with Crippen molar-refractivity contribution in [3.63, 3.8) is 0 Å². The fourth-order valence-electron chi connectivity index (χ4n) is 3.29. The minimum atomic E-state index is -3.73. The minimum Gasteiger partial charge on any atom is -0.394 e. The Labute approximate surface area is 176 Å². The van der Waals surface area contributed by atoms with Gasteiger partial charge in [-0.2, -0.15) is 0 Å². The monoisotopic (exact) mass is 434 g/mol. The molecule has 30 heavy (non-hydrogen) atoms. The largest absolute Gasteiger partial charge is 0.394 e. The van der Waals surface area contributed by atoms with E-state index in [0.29, 0.717) is 18.5 Å². The topological polar surface area (TPSA) is 131 Å². The maximum absolute atomic E-state index is 12.6. The molecule has 10 heteroatoms. The molecule has 2 heterocycles. The van der Waals surface area contributed by atoms with Gasteiger partial charge in [0.05, 0.1) is 48.4 Å². The number of nitrogens with zero attached hydrogens (tertiary/aromatic N) is 2. The Kier molecular flexibility index (Phi) is 7.48. The zero-order valence-corrected chi connectivity index (χ0v) is 17.5. The molecule has 0 radical (unpaired) electrons. The Bertz CT molecular complexity index is 937. The summed E-state index contributed by atoms with van der Waals surface area (Å²) < 4.78 is 33.7.